The lowest BCUT2D eigenvalue weighted by Gasteiger charge is -2.19. The number of hydrogen-bond acceptors (Lipinski definition) is 3. The van der Waals surface area contributed by atoms with Gasteiger partial charge < -0.3 is 10.4 Å². The lowest BCUT2D eigenvalue weighted by molar-refractivity contribution is -0.142. The molecule has 64 valence electrons. The highest BCUT2D eigenvalue weighted by Gasteiger charge is 2.35. The molecule has 0 aromatic carbocycles. The Morgan fingerprint density at radius 2 is 2.36 bits per heavy atom. The zero-order valence-corrected chi connectivity index (χ0v) is 6.87. The molecule has 0 spiro atoms. The van der Waals surface area contributed by atoms with Gasteiger partial charge in [0.25, 0.3) is 0 Å². The van der Waals surface area contributed by atoms with E-state index in [1.807, 2.05) is 11.9 Å². The van der Waals surface area contributed by atoms with Crippen LogP contribution in [0.15, 0.2) is 0 Å². The van der Waals surface area contributed by atoms with Crippen LogP contribution < -0.4 is 5.32 Å². The molecule has 0 amide bonds. The fourth-order valence-corrected chi connectivity index (χ4v) is 1.61. The summed E-state index contributed by atoms with van der Waals surface area (Å²) in [5.74, 6) is -0.732. The number of nitrogens with zero attached hydrogens (tertiary/aromatic N) is 1. The van der Waals surface area contributed by atoms with Crippen LogP contribution >= 0.6 is 0 Å². The predicted octanol–water partition coefficient (Wildman–Crippen LogP) is -0.637. The summed E-state index contributed by atoms with van der Waals surface area (Å²) in [5, 5.41) is 11.8. The fraction of sp³-hybridized carbons (Fsp3) is 0.857. The zero-order valence-electron chi connectivity index (χ0n) is 6.87. The van der Waals surface area contributed by atoms with E-state index in [0.29, 0.717) is 0 Å². The summed E-state index contributed by atoms with van der Waals surface area (Å²) in [5.41, 5.74) is 0. The second kappa shape index (κ2) is 3.19. The maximum absolute atomic E-state index is 10.7. The monoisotopic (exact) mass is 158 g/mol. The summed E-state index contributed by atoms with van der Waals surface area (Å²) in [7, 11) is 3.65. The van der Waals surface area contributed by atoms with Crippen molar-refractivity contribution < 1.29 is 9.90 Å². The van der Waals surface area contributed by atoms with Crippen molar-refractivity contribution in [2.75, 3.05) is 20.6 Å². The summed E-state index contributed by atoms with van der Waals surface area (Å²) in [6.45, 7) is 0.864. The molecule has 1 fully saturated rings. The highest BCUT2D eigenvalue weighted by molar-refractivity contribution is 5.74. The smallest absolute Gasteiger partial charge is 0.322 e. The second-order valence-corrected chi connectivity index (χ2v) is 2.95. The van der Waals surface area contributed by atoms with E-state index in [0.717, 1.165) is 13.0 Å². The predicted molar refractivity (Wildman–Crippen MR) is 41.5 cm³/mol. The molecule has 11 heavy (non-hydrogen) atoms. The van der Waals surface area contributed by atoms with E-state index >= 15 is 0 Å². The fourth-order valence-electron chi connectivity index (χ4n) is 1.61. The quantitative estimate of drug-likeness (QED) is 0.561. The molecule has 2 N–H and O–H groups in total. The summed E-state index contributed by atoms with van der Waals surface area (Å²) < 4.78 is 0. The third-order valence-electron chi connectivity index (χ3n) is 2.27. The lowest BCUT2D eigenvalue weighted by atomic mass is 10.1. The van der Waals surface area contributed by atoms with Crippen molar-refractivity contribution in [3.8, 4) is 0 Å². The lowest BCUT2D eigenvalue weighted by Crippen LogP contribution is -2.45. The second-order valence-electron chi connectivity index (χ2n) is 2.95. The van der Waals surface area contributed by atoms with E-state index in [9.17, 15) is 4.79 Å². The van der Waals surface area contributed by atoms with Crippen molar-refractivity contribution in [2.24, 2.45) is 0 Å². The standard InChI is InChI=1S/C7H14N2O2/c1-8-5-3-4-9(2)6(5)7(10)11/h5-6,8H,3-4H2,1-2H3,(H,10,11). The van der Waals surface area contributed by atoms with Gasteiger partial charge in [0.1, 0.15) is 6.04 Å². The molecule has 1 saturated heterocycles. The number of nitrogens with one attached hydrogen (secondary N) is 1. The maximum Gasteiger partial charge on any atom is 0.322 e. The Morgan fingerprint density at radius 3 is 2.73 bits per heavy atom. The van der Waals surface area contributed by atoms with Crippen LogP contribution in [0.3, 0.4) is 0 Å². The maximum atomic E-state index is 10.7. The Labute approximate surface area is 66.2 Å². The van der Waals surface area contributed by atoms with Gasteiger partial charge in [-0.2, -0.15) is 0 Å². The van der Waals surface area contributed by atoms with E-state index in [1.165, 1.54) is 0 Å². The van der Waals surface area contributed by atoms with Crippen molar-refractivity contribution in [1.82, 2.24) is 10.2 Å². The SMILES string of the molecule is CNC1CCN(C)C1C(=O)O. The van der Waals surface area contributed by atoms with Crippen LogP contribution in [-0.2, 0) is 4.79 Å². The molecule has 0 aromatic rings. The van der Waals surface area contributed by atoms with Crippen molar-refractivity contribution in [2.45, 2.75) is 18.5 Å². The molecule has 4 heteroatoms. The van der Waals surface area contributed by atoms with Crippen LogP contribution in [0.5, 0.6) is 0 Å². The number of likely N-dealkylation sites (tertiary alicyclic amines) is 1. The minimum absolute atomic E-state index is 0.109. The summed E-state index contributed by atoms with van der Waals surface area (Å²) in [4.78, 5) is 12.6. The Bertz CT molecular complexity index is 161. The van der Waals surface area contributed by atoms with Crippen LogP contribution in [0.2, 0.25) is 0 Å². The Hall–Kier alpha value is -0.610. The van der Waals surface area contributed by atoms with Gasteiger partial charge in [-0.3, -0.25) is 9.69 Å². The van der Waals surface area contributed by atoms with E-state index in [-0.39, 0.29) is 12.1 Å². The normalized spacial score (nSPS) is 32.5. The van der Waals surface area contributed by atoms with Crippen molar-refractivity contribution in [3.05, 3.63) is 0 Å². The first kappa shape index (κ1) is 8.49. The zero-order chi connectivity index (χ0) is 8.43. The summed E-state index contributed by atoms with van der Waals surface area (Å²) >= 11 is 0. The first-order valence-electron chi connectivity index (χ1n) is 3.77. The molecule has 1 aliphatic heterocycles. The van der Waals surface area contributed by atoms with E-state index in [1.54, 1.807) is 7.05 Å². The number of aliphatic carboxylic acids is 1. The molecule has 1 heterocycles. The number of carbonyl (C=O) groups is 1. The van der Waals surface area contributed by atoms with E-state index in [2.05, 4.69) is 5.32 Å². The topological polar surface area (TPSA) is 52.6 Å². The van der Waals surface area contributed by atoms with Gasteiger partial charge in [0, 0.05) is 12.6 Å². The molecule has 0 aromatic heterocycles. The summed E-state index contributed by atoms with van der Waals surface area (Å²) in [6.07, 6.45) is 0.921. The third-order valence-corrected chi connectivity index (χ3v) is 2.27. The van der Waals surface area contributed by atoms with E-state index in [4.69, 9.17) is 5.11 Å². The van der Waals surface area contributed by atoms with Gasteiger partial charge >= 0.3 is 5.97 Å². The average Bonchev–Trinajstić information content (AvgIpc) is 2.30. The summed E-state index contributed by atoms with van der Waals surface area (Å²) in [6, 6.07) is -0.238. The van der Waals surface area contributed by atoms with Crippen LogP contribution in [-0.4, -0.2) is 48.7 Å². The molecule has 1 rings (SSSR count). The third kappa shape index (κ3) is 1.52. The van der Waals surface area contributed by atoms with Crippen LogP contribution in [0.25, 0.3) is 0 Å². The molecular weight excluding hydrogens is 144 g/mol. The van der Waals surface area contributed by atoms with Crippen LogP contribution in [0.4, 0.5) is 0 Å². The molecule has 4 nitrogen and oxygen atoms in total. The van der Waals surface area contributed by atoms with Crippen molar-refractivity contribution in [3.63, 3.8) is 0 Å². The van der Waals surface area contributed by atoms with Crippen molar-refractivity contribution in [1.29, 1.82) is 0 Å². The minimum atomic E-state index is -0.732. The van der Waals surface area contributed by atoms with Gasteiger partial charge in [-0.05, 0) is 20.5 Å². The number of rotatable bonds is 2. The molecule has 0 saturated carbocycles. The molecule has 2 atom stereocenters. The Morgan fingerprint density at radius 1 is 1.73 bits per heavy atom. The van der Waals surface area contributed by atoms with Gasteiger partial charge in [0.2, 0.25) is 0 Å². The van der Waals surface area contributed by atoms with Crippen LogP contribution in [0, 0.1) is 0 Å². The van der Waals surface area contributed by atoms with Gasteiger partial charge in [-0.15, -0.1) is 0 Å². The number of carboxylic acid groups (broad SMARTS) is 1. The number of likely N-dealkylation sites (N-methyl/N-ethyl adjacent to an activating group) is 2. The van der Waals surface area contributed by atoms with E-state index < -0.39 is 5.97 Å². The molecular formula is C7H14N2O2. The Kier molecular flexibility index (Phi) is 2.46. The minimum Gasteiger partial charge on any atom is -0.480 e. The van der Waals surface area contributed by atoms with Gasteiger partial charge in [-0.1, -0.05) is 0 Å². The van der Waals surface area contributed by atoms with Gasteiger partial charge in [-0.25, -0.2) is 0 Å². The van der Waals surface area contributed by atoms with Crippen LogP contribution in [0.1, 0.15) is 6.42 Å². The Balaban J connectivity index is 2.63. The van der Waals surface area contributed by atoms with Crippen molar-refractivity contribution >= 4 is 5.97 Å². The largest absolute Gasteiger partial charge is 0.480 e. The molecule has 0 radical (unpaired) electrons. The number of hydrogen-bond donors (Lipinski definition) is 2. The first-order chi connectivity index (χ1) is 5.16. The molecule has 2 unspecified atom stereocenters. The highest BCUT2D eigenvalue weighted by atomic mass is 16.4. The molecule has 0 bridgehead atoms. The molecule has 1 aliphatic rings. The highest BCUT2D eigenvalue weighted by Crippen LogP contribution is 2.15. The molecule has 0 aliphatic carbocycles. The average molecular weight is 158 g/mol. The van der Waals surface area contributed by atoms with Gasteiger partial charge in [0.05, 0.1) is 0 Å². The van der Waals surface area contributed by atoms with Gasteiger partial charge in [0.15, 0.2) is 0 Å². The first-order valence-corrected chi connectivity index (χ1v) is 3.77. The number of carboxylic acids is 1.